The van der Waals surface area contributed by atoms with Crippen molar-refractivity contribution in [2.45, 2.75) is 25.5 Å². The summed E-state index contributed by atoms with van der Waals surface area (Å²) in [4.78, 5) is 4.15. The minimum atomic E-state index is -0.921. The summed E-state index contributed by atoms with van der Waals surface area (Å²) in [6.45, 7) is 2.39. The van der Waals surface area contributed by atoms with Crippen LogP contribution >= 0.6 is 0 Å². The summed E-state index contributed by atoms with van der Waals surface area (Å²) in [6, 6.07) is 6.46. The van der Waals surface area contributed by atoms with E-state index in [2.05, 4.69) is 15.4 Å². The zero-order chi connectivity index (χ0) is 17.6. The first-order valence-corrected chi connectivity index (χ1v) is 8.16. The first kappa shape index (κ1) is 16.0. The van der Waals surface area contributed by atoms with Gasteiger partial charge in [-0.25, -0.2) is 13.8 Å². The second kappa shape index (κ2) is 6.07. The fraction of sp³-hybridized carbons (Fsp3) is 0.333. The van der Waals surface area contributed by atoms with Crippen LogP contribution in [-0.2, 0) is 11.8 Å². The topological polar surface area (TPSA) is 52.0 Å². The van der Waals surface area contributed by atoms with E-state index in [0.29, 0.717) is 17.7 Å². The Morgan fingerprint density at radius 3 is 2.88 bits per heavy atom. The lowest BCUT2D eigenvalue weighted by Crippen LogP contribution is -2.25. The Balaban J connectivity index is 1.73. The predicted octanol–water partition coefficient (Wildman–Crippen LogP) is 3.50. The first-order chi connectivity index (χ1) is 12.0. The van der Waals surface area contributed by atoms with Crippen molar-refractivity contribution in [3.8, 4) is 0 Å². The number of fused-ring (bicyclic) bond motifs is 1. The Morgan fingerprint density at radius 1 is 1.28 bits per heavy atom. The van der Waals surface area contributed by atoms with Gasteiger partial charge in [0.1, 0.15) is 11.6 Å². The number of pyridine rings is 1. The van der Waals surface area contributed by atoms with E-state index in [1.807, 2.05) is 19.2 Å². The molecule has 0 aliphatic carbocycles. The summed E-state index contributed by atoms with van der Waals surface area (Å²) >= 11 is 0. The lowest BCUT2D eigenvalue weighted by atomic mass is 10.1. The van der Waals surface area contributed by atoms with Gasteiger partial charge < -0.3 is 10.1 Å². The molecular formula is C18H18F2N4O. The number of aryl methyl sites for hydroxylation is 2. The molecule has 25 heavy (non-hydrogen) atoms. The largest absolute Gasteiger partial charge is 0.379 e. The second-order valence-corrected chi connectivity index (χ2v) is 6.28. The van der Waals surface area contributed by atoms with E-state index in [1.165, 1.54) is 0 Å². The highest BCUT2D eigenvalue weighted by Gasteiger charge is 2.32. The molecule has 0 amide bonds. The normalized spacial score (nSPS) is 20.3. The Labute approximate surface area is 143 Å². The average Bonchev–Trinajstić information content (AvgIpc) is 3.20. The summed E-state index contributed by atoms with van der Waals surface area (Å²) in [5.41, 5.74) is 2.36. The van der Waals surface area contributed by atoms with Gasteiger partial charge in [0.2, 0.25) is 0 Å². The zero-order valence-electron chi connectivity index (χ0n) is 14.0. The van der Waals surface area contributed by atoms with E-state index in [9.17, 15) is 8.78 Å². The van der Waals surface area contributed by atoms with Crippen molar-refractivity contribution < 1.29 is 13.5 Å². The highest BCUT2D eigenvalue weighted by Crippen LogP contribution is 2.34. The van der Waals surface area contributed by atoms with Crippen molar-refractivity contribution in [3.05, 3.63) is 53.5 Å². The number of halogens is 2. The minimum absolute atomic E-state index is 0.00788. The fourth-order valence-corrected chi connectivity index (χ4v) is 3.37. The maximum absolute atomic E-state index is 14.1. The maximum Gasteiger partial charge on any atom is 0.185 e. The van der Waals surface area contributed by atoms with Gasteiger partial charge in [-0.2, -0.15) is 5.10 Å². The van der Waals surface area contributed by atoms with Crippen molar-refractivity contribution in [2.75, 3.05) is 11.9 Å². The zero-order valence-corrected chi connectivity index (χ0v) is 14.0. The van der Waals surface area contributed by atoms with Gasteiger partial charge in [-0.05, 0) is 37.6 Å². The van der Waals surface area contributed by atoms with Crippen molar-refractivity contribution in [1.82, 2.24) is 14.8 Å². The number of rotatable bonds is 3. The van der Waals surface area contributed by atoms with Crippen LogP contribution in [0.4, 0.5) is 14.5 Å². The maximum atomic E-state index is 14.1. The van der Waals surface area contributed by atoms with E-state index in [4.69, 9.17) is 4.74 Å². The van der Waals surface area contributed by atoms with Crippen molar-refractivity contribution in [1.29, 1.82) is 0 Å². The van der Waals surface area contributed by atoms with Crippen LogP contribution in [0.25, 0.3) is 10.9 Å². The summed E-state index contributed by atoms with van der Waals surface area (Å²) in [6.07, 6.45) is 2.39. The van der Waals surface area contributed by atoms with E-state index < -0.39 is 11.6 Å². The van der Waals surface area contributed by atoms with Crippen LogP contribution in [0.15, 0.2) is 30.5 Å². The van der Waals surface area contributed by atoms with Crippen LogP contribution in [0.3, 0.4) is 0 Å². The molecule has 2 atom stereocenters. The second-order valence-electron chi connectivity index (χ2n) is 6.28. The number of hydrogen-bond donors (Lipinski definition) is 1. The van der Waals surface area contributed by atoms with Gasteiger partial charge >= 0.3 is 0 Å². The Hall–Kier alpha value is -2.54. The molecule has 1 aromatic carbocycles. The van der Waals surface area contributed by atoms with Crippen molar-refractivity contribution in [2.24, 2.45) is 7.05 Å². The van der Waals surface area contributed by atoms with Gasteiger partial charge in [-0.15, -0.1) is 0 Å². The molecule has 1 saturated heterocycles. The molecule has 1 aliphatic heterocycles. The Kier molecular flexibility index (Phi) is 3.88. The van der Waals surface area contributed by atoms with Gasteiger partial charge in [-0.1, -0.05) is 0 Å². The van der Waals surface area contributed by atoms with Crippen LogP contribution in [0, 0.1) is 18.6 Å². The molecule has 3 aromatic rings. The lowest BCUT2D eigenvalue weighted by Gasteiger charge is -2.22. The number of ether oxygens (including phenoxy) is 1. The summed E-state index contributed by atoms with van der Waals surface area (Å²) < 4.78 is 35.3. The first-order valence-electron chi connectivity index (χ1n) is 8.16. The minimum Gasteiger partial charge on any atom is -0.379 e. The summed E-state index contributed by atoms with van der Waals surface area (Å²) in [5, 5.41) is 8.19. The van der Waals surface area contributed by atoms with Crippen LogP contribution in [0.5, 0.6) is 0 Å². The van der Waals surface area contributed by atoms with Crippen LogP contribution < -0.4 is 5.32 Å². The molecule has 4 rings (SSSR count). The Bertz CT molecular complexity index is 940. The number of benzene rings is 1. The fourth-order valence-electron chi connectivity index (χ4n) is 3.37. The third-order valence-corrected chi connectivity index (χ3v) is 4.58. The van der Waals surface area contributed by atoms with Crippen molar-refractivity contribution >= 4 is 16.6 Å². The van der Waals surface area contributed by atoms with Gasteiger partial charge in [0.25, 0.3) is 0 Å². The van der Waals surface area contributed by atoms with Crippen LogP contribution in [0.2, 0.25) is 0 Å². The number of anilines is 1. The molecule has 1 N–H and O–H groups in total. The third kappa shape index (κ3) is 2.74. The predicted molar refractivity (Wildman–Crippen MR) is 90.3 cm³/mol. The molecule has 2 aromatic heterocycles. The SMILES string of the molecule is Cc1cc(N[C@H]2CCO[C@@H]2c2ccnn2C)c2ccc(F)c(F)c2n1. The van der Waals surface area contributed by atoms with E-state index in [0.717, 1.165) is 23.9 Å². The number of nitrogens with zero attached hydrogens (tertiary/aromatic N) is 3. The van der Waals surface area contributed by atoms with Gasteiger partial charge in [0, 0.05) is 36.6 Å². The van der Waals surface area contributed by atoms with Gasteiger partial charge in [0.05, 0.1) is 11.7 Å². The lowest BCUT2D eigenvalue weighted by molar-refractivity contribution is 0.101. The van der Waals surface area contributed by atoms with E-state index >= 15 is 0 Å². The summed E-state index contributed by atoms with van der Waals surface area (Å²) in [5.74, 6) is -1.82. The van der Waals surface area contributed by atoms with Gasteiger partial charge in [0.15, 0.2) is 11.6 Å². The third-order valence-electron chi connectivity index (χ3n) is 4.58. The quantitative estimate of drug-likeness (QED) is 0.790. The van der Waals surface area contributed by atoms with Crippen molar-refractivity contribution in [3.63, 3.8) is 0 Å². The molecule has 0 spiro atoms. The molecule has 0 unspecified atom stereocenters. The molecule has 3 heterocycles. The molecular weight excluding hydrogens is 326 g/mol. The molecule has 1 aliphatic rings. The molecule has 0 bridgehead atoms. The average molecular weight is 344 g/mol. The summed E-state index contributed by atoms with van der Waals surface area (Å²) in [7, 11) is 1.87. The standard InChI is InChI=1S/C18H18F2N4O/c1-10-9-14(11-3-4-12(19)16(20)17(11)22-10)23-13-6-8-25-18(13)15-5-7-21-24(15)2/h3-5,7,9,13,18H,6,8H2,1-2H3,(H,22,23)/t13-,18-/m0/s1. The molecule has 5 nitrogen and oxygen atoms in total. The van der Waals surface area contributed by atoms with Gasteiger partial charge in [-0.3, -0.25) is 4.68 Å². The molecule has 7 heteroatoms. The molecule has 130 valence electrons. The monoisotopic (exact) mass is 344 g/mol. The van der Waals surface area contributed by atoms with E-state index in [1.54, 1.807) is 23.9 Å². The number of nitrogens with one attached hydrogen (secondary N) is 1. The molecule has 1 fully saturated rings. The highest BCUT2D eigenvalue weighted by atomic mass is 19.2. The molecule has 0 radical (unpaired) electrons. The number of aromatic nitrogens is 3. The smallest absolute Gasteiger partial charge is 0.185 e. The van der Waals surface area contributed by atoms with Crippen LogP contribution in [0.1, 0.15) is 23.9 Å². The number of hydrogen-bond acceptors (Lipinski definition) is 4. The van der Waals surface area contributed by atoms with E-state index in [-0.39, 0.29) is 17.7 Å². The van der Waals surface area contributed by atoms with Crippen LogP contribution in [-0.4, -0.2) is 27.4 Å². The highest BCUT2D eigenvalue weighted by molar-refractivity contribution is 5.92. The Morgan fingerprint density at radius 2 is 2.12 bits per heavy atom. The molecule has 0 saturated carbocycles.